The number of ether oxygens (including phenoxy) is 1. The Morgan fingerprint density at radius 3 is 2.38 bits per heavy atom. The summed E-state index contributed by atoms with van der Waals surface area (Å²) >= 11 is 0. The molecule has 0 bridgehead atoms. The van der Waals surface area contributed by atoms with E-state index in [-0.39, 0.29) is 90.3 Å². The number of hydrogen-bond donors (Lipinski definition) is 4. The number of carbonyl (C=O) groups excluding carboxylic acids is 7. The van der Waals surface area contributed by atoms with Crippen LogP contribution in [0.15, 0.2) is 82.3 Å². The number of benzene rings is 3. The van der Waals surface area contributed by atoms with E-state index >= 15 is 4.39 Å². The molecule has 18 heteroatoms. The Morgan fingerprint density at radius 2 is 1.59 bits per heavy atom. The average Bonchev–Trinajstić information content (AvgIpc) is 3.49. The minimum atomic E-state index is -1.16. The Balaban J connectivity index is 0.845. The second kappa shape index (κ2) is 18.1. The Kier molecular flexibility index (Phi) is 12.3. The summed E-state index contributed by atoms with van der Waals surface area (Å²) in [5, 5.41) is 10.6. The van der Waals surface area contributed by atoms with E-state index in [1.807, 2.05) is 0 Å². The van der Waals surface area contributed by atoms with Crippen LogP contribution >= 0.6 is 0 Å². The second-order valence-corrected chi connectivity index (χ2v) is 14.3. The molecule has 3 aromatic carbocycles. The number of halogens is 1. The molecule has 0 spiro atoms. The number of carbonyl (C=O) groups is 7. The molecule has 2 aromatic heterocycles. The molecule has 1 atom stereocenters. The van der Waals surface area contributed by atoms with Gasteiger partial charge in [0, 0.05) is 68.1 Å². The van der Waals surface area contributed by atoms with Crippen molar-refractivity contribution in [1.82, 2.24) is 25.5 Å². The molecule has 4 heterocycles. The molecule has 61 heavy (non-hydrogen) atoms. The summed E-state index contributed by atoms with van der Waals surface area (Å²) in [5.41, 5.74) is 0.592. The third kappa shape index (κ3) is 9.32. The predicted octanol–water partition coefficient (Wildman–Crippen LogP) is 4.46. The Morgan fingerprint density at radius 1 is 0.869 bits per heavy atom. The van der Waals surface area contributed by atoms with E-state index in [2.05, 4.69) is 31.2 Å². The quantitative estimate of drug-likeness (QED) is 0.0651. The number of aryl methyl sites for hydroxylation is 1. The van der Waals surface area contributed by atoms with E-state index in [4.69, 9.17) is 9.15 Å². The maximum atomic E-state index is 15.6. The number of fused-ring (bicyclic) bond motifs is 2. The minimum Gasteiger partial charge on any atom is -0.424 e. The predicted molar refractivity (Wildman–Crippen MR) is 215 cm³/mol. The highest BCUT2D eigenvalue weighted by Gasteiger charge is 2.45. The number of unbranched alkanes of at least 4 members (excludes halogenated alkanes) is 1. The molecule has 17 nitrogen and oxygen atoms in total. The minimum absolute atomic E-state index is 0.00270. The molecule has 1 unspecified atom stereocenters. The maximum absolute atomic E-state index is 15.6. The molecular weight excluding hydrogens is 794 g/mol. The van der Waals surface area contributed by atoms with Crippen LogP contribution < -0.4 is 31.6 Å². The van der Waals surface area contributed by atoms with Gasteiger partial charge in [-0.3, -0.25) is 43.8 Å². The number of imide groups is 2. The van der Waals surface area contributed by atoms with Crippen molar-refractivity contribution in [2.24, 2.45) is 0 Å². The van der Waals surface area contributed by atoms with Crippen molar-refractivity contribution < 1.29 is 47.1 Å². The SMILES string of the molecule is Cc1c(Cc2cccc(NC(=O)CCCCNC(=O)CCC(=O)Nc3cccc4c3C(=O)N(C3CCC(=O)NC3=O)C4=O)c2F)c(=O)oc2cc(Oc3ncccn3)ccc12. The van der Waals surface area contributed by atoms with Crippen LogP contribution in [-0.4, -0.2) is 68.8 Å². The molecule has 2 aliphatic rings. The highest BCUT2D eigenvalue weighted by Crippen LogP contribution is 2.33. The summed E-state index contributed by atoms with van der Waals surface area (Å²) in [5.74, 6) is -4.55. The standard InChI is InChI=1S/C43H38FN7O10/c1-23-26-13-12-25(60-43-46-19-6-20-47-43)22-32(26)61-42(59)28(23)21-24-7-4-10-30(38(24)44)49-34(53)11-2-3-18-45-33(52)16-17-35(54)48-29-9-5-8-27-37(29)41(58)51(40(27)57)31-14-15-36(55)50-39(31)56/h4-10,12-13,19-20,22,31H,2-3,11,14-18,21H2,1H3,(H,45,52)(H,48,54)(H,49,53)(H,50,55,56). The monoisotopic (exact) mass is 831 g/mol. The van der Waals surface area contributed by atoms with Crippen LogP contribution in [-0.2, 0) is 30.4 Å². The fourth-order valence-electron chi connectivity index (χ4n) is 7.09. The smallest absolute Gasteiger partial charge is 0.340 e. The number of hydrogen-bond acceptors (Lipinski definition) is 12. The number of nitrogens with one attached hydrogen (secondary N) is 4. The number of piperidine rings is 1. The van der Waals surface area contributed by atoms with Gasteiger partial charge in [0.05, 0.1) is 22.5 Å². The van der Waals surface area contributed by atoms with Gasteiger partial charge in [0.15, 0.2) is 0 Å². The van der Waals surface area contributed by atoms with Gasteiger partial charge in [0.2, 0.25) is 29.5 Å². The van der Waals surface area contributed by atoms with E-state index in [1.165, 1.54) is 42.7 Å². The molecule has 2 aliphatic heterocycles. The molecule has 0 saturated carbocycles. The summed E-state index contributed by atoms with van der Waals surface area (Å²) in [7, 11) is 0. The third-order valence-electron chi connectivity index (χ3n) is 10.2. The van der Waals surface area contributed by atoms with Crippen molar-refractivity contribution in [1.29, 1.82) is 0 Å². The van der Waals surface area contributed by atoms with Gasteiger partial charge in [-0.2, -0.15) is 0 Å². The van der Waals surface area contributed by atoms with Crippen LogP contribution in [0.4, 0.5) is 15.8 Å². The average molecular weight is 832 g/mol. The molecule has 7 amide bonds. The van der Waals surface area contributed by atoms with Gasteiger partial charge < -0.3 is 25.1 Å². The molecule has 1 saturated heterocycles. The van der Waals surface area contributed by atoms with Gasteiger partial charge in [-0.1, -0.05) is 18.2 Å². The first kappa shape index (κ1) is 41.5. The lowest BCUT2D eigenvalue weighted by molar-refractivity contribution is -0.136. The van der Waals surface area contributed by atoms with Crippen molar-refractivity contribution in [2.75, 3.05) is 17.2 Å². The van der Waals surface area contributed by atoms with Gasteiger partial charge in [-0.05, 0) is 73.7 Å². The van der Waals surface area contributed by atoms with Crippen molar-refractivity contribution in [3.8, 4) is 11.8 Å². The lowest BCUT2D eigenvalue weighted by Gasteiger charge is -2.27. The van der Waals surface area contributed by atoms with Crippen LogP contribution in [0.5, 0.6) is 11.8 Å². The van der Waals surface area contributed by atoms with Crippen molar-refractivity contribution >= 4 is 63.7 Å². The summed E-state index contributed by atoms with van der Waals surface area (Å²) in [6.45, 7) is 1.95. The van der Waals surface area contributed by atoms with Gasteiger partial charge in [0.1, 0.15) is 23.2 Å². The second-order valence-electron chi connectivity index (χ2n) is 14.3. The van der Waals surface area contributed by atoms with E-state index in [0.29, 0.717) is 29.5 Å². The van der Waals surface area contributed by atoms with Gasteiger partial charge >= 0.3 is 11.6 Å². The van der Waals surface area contributed by atoms with Gasteiger partial charge in [0.25, 0.3) is 11.8 Å². The zero-order valence-electron chi connectivity index (χ0n) is 32.7. The number of nitrogens with zero attached hydrogens (tertiary/aromatic N) is 3. The zero-order valence-corrected chi connectivity index (χ0v) is 32.7. The van der Waals surface area contributed by atoms with Gasteiger partial charge in [-0.15, -0.1) is 0 Å². The maximum Gasteiger partial charge on any atom is 0.340 e. The molecule has 4 N–H and O–H groups in total. The molecule has 0 radical (unpaired) electrons. The number of aromatic nitrogens is 2. The topological polar surface area (TPSA) is 236 Å². The molecule has 1 fully saturated rings. The van der Waals surface area contributed by atoms with Crippen LogP contribution in [0.2, 0.25) is 0 Å². The molecule has 312 valence electrons. The van der Waals surface area contributed by atoms with Crippen molar-refractivity contribution in [2.45, 2.75) is 64.3 Å². The first-order valence-electron chi connectivity index (χ1n) is 19.4. The molecule has 0 aliphatic carbocycles. The Hall–Kier alpha value is -7.63. The zero-order chi connectivity index (χ0) is 43.2. The first-order chi connectivity index (χ1) is 29.4. The largest absolute Gasteiger partial charge is 0.424 e. The first-order valence-corrected chi connectivity index (χ1v) is 19.4. The number of amides is 7. The lowest BCUT2D eigenvalue weighted by atomic mass is 9.99. The van der Waals surface area contributed by atoms with E-state index in [1.54, 1.807) is 37.3 Å². The summed E-state index contributed by atoms with van der Waals surface area (Å²) < 4.78 is 26.8. The van der Waals surface area contributed by atoms with Crippen LogP contribution in [0.1, 0.15) is 82.4 Å². The Bertz CT molecular complexity index is 2670. The van der Waals surface area contributed by atoms with Gasteiger partial charge in [-0.25, -0.2) is 19.2 Å². The highest BCUT2D eigenvalue weighted by molar-refractivity contribution is 6.26. The highest BCUT2D eigenvalue weighted by atomic mass is 19.1. The summed E-state index contributed by atoms with van der Waals surface area (Å²) in [6.07, 6.45) is 3.29. The van der Waals surface area contributed by atoms with Crippen LogP contribution in [0.25, 0.3) is 11.0 Å². The molecular formula is C43H38FN7O10. The number of rotatable bonds is 15. The third-order valence-corrected chi connectivity index (χ3v) is 10.2. The van der Waals surface area contributed by atoms with E-state index in [9.17, 15) is 38.4 Å². The fourth-order valence-corrected chi connectivity index (χ4v) is 7.09. The van der Waals surface area contributed by atoms with E-state index < -0.39 is 58.8 Å². The lowest BCUT2D eigenvalue weighted by Crippen LogP contribution is -2.54. The van der Waals surface area contributed by atoms with Crippen LogP contribution in [0, 0.1) is 12.7 Å². The normalized spacial score (nSPS) is 14.7. The summed E-state index contributed by atoms with van der Waals surface area (Å²) in [6, 6.07) is 14.4. The fraction of sp³-hybridized carbons (Fsp3) is 0.256. The van der Waals surface area contributed by atoms with Crippen molar-refractivity contribution in [3.05, 3.63) is 117 Å². The molecule has 7 rings (SSSR count). The van der Waals surface area contributed by atoms with Crippen LogP contribution in [0.3, 0.4) is 0 Å². The van der Waals surface area contributed by atoms with Crippen molar-refractivity contribution in [3.63, 3.8) is 0 Å². The Labute approximate surface area is 346 Å². The molecule has 5 aromatic rings. The van der Waals surface area contributed by atoms with E-state index in [0.717, 1.165) is 4.90 Å². The number of anilines is 2. The summed E-state index contributed by atoms with van der Waals surface area (Å²) in [4.78, 5) is 110.